The highest BCUT2D eigenvalue weighted by molar-refractivity contribution is 6.07. The van der Waals surface area contributed by atoms with Gasteiger partial charge in [0.05, 0.1) is 0 Å². The van der Waals surface area contributed by atoms with Crippen molar-refractivity contribution < 1.29 is 9.59 Å². The molecule has 2 aromatic heterocycles. The molecule has 0 aliphatic rings. The van der Waals surface area contributed by atoms with Crippen molar-refractivity contribution in [3.8, 4) is 0 Å². The maximum absolute atomic E-state index is 13.2. The molecule has 2 aromatic carbocycles. The Morgan fingerprint density at radius 2 is 1.72 bits per heavy atom. The first kappa shape index (κ1) is 20.8. The Morgan fingerprint density at radius 1 is 1.00 bits per heavy atom. The van der Waals surface area contributed by atoms with Crippen LogP contribution < -0.4 is 16.8 Å². The molecule has 4 aromatic rings. The fourth-order valence-electron chi connectivity index (χ4n) is 3.52. The summed E-state index contributed by atoms with van der Waals surface area (Å²) in [5.41, 5.74) is 15.0. The average molecular weight is 426 g/mol. The van der Waals surface area contributed by atoms with E-state index < -0.39 is 5.91 Å². The summed E-state index contributed by atoms with van der Waals surface area (Å²) >= 11 is 0. The number of carbonyl (C=O) groups is 2. The molecule has 0 atom stereocenters. The van der Waals surface area contributed by atoms with Crippen LogP contribution in [-0.4, -0.2) is 27.2 Å². The smallest absolute Gasteiger partial charge is 0.273 e. The summed E-state index contributed by atoms with van der Waals surface area (Å²) in [6, 6.07) is 17.7. The summed E-state index contributed by atoms with van der Waals surface area (Å²) in [6.07, 6.45) is 1.64. The number of nitrogens with zero attached hydrogens (tertiary/aromatic N) is 2. The first-order valence-electron chi connectivity index (χ1n) is 9.92. The highest BCUT2D eigenvalue weighted by Gasteiger charge is 2.18. The maximum Gasteiger partial charge on any atom is 0.273 e. The van der Waals surface area contributed by atoms with Crippen LogP contribution >= 0.6 is 0 Å². The monoisotopic (exact) mass is 426 g/mol. The third kappa shape index (κ3) is 4.20. The van der Waals surface area contributed by atoms with E-state index in [1.807, 2.05) is 23.6 Å². The van der Waals surface area contributed by atoms with Gasteiger partial charge in [0.2, 0.25) is 5.91 Å². The van der Waals surface area contributed by atoms with Gasteiger partial charge >= 0.3 is 0 Å². The number of pyridine rings is 1. The van der Waals surface area contributed by atoms with Crippen LogP contribution in [0.1, 0.15) is 37.5 Å². The topological polar surface area (TPSA) is 140 Å². The van der Waals surface area contributed by atoms with Gasteiger partial charge in [0.25, 0.3) is 5.91 Å². The van der Waals surface area contributed by atoms with Crippen molar-refractivity contribution in [3.63, 3.8) is 0 Å². The normalized spacial score (nSPS) is 10.8. The van der Waals surface area contributed by atoms with Crippen LogP contribution in [0.3, 0.4) is 0 Å². The van der Waals surface area contributed by atoms with E-state index in [2.05, 4.69) is 10.3 Å². The number of hydrogen-bond acceptors (Lipinski definition) is 4. The van der Waals surface area contributed by atoms with Crippen LogP contribution in [0.25, 0.3) is 10.9 Å². The van der Waals surface area contributed by atoms with Gasteiger partial charge in [0.1, 0.15) is 17.3 Å². The van der Waals surface area contributed by atoms with E-state index in [9.17, 15) is 9.59 Å². The molecule has 0 radical (unpaired) electrons. The Hall–Kier alpha value is -4.46. The minimum absolute atomic E-state index is 0.0552. The second kappa shape index (κ2) is 8.35. The molecule has 0 unspecified atom stereocenters. The highest BCUT2D eigenvalue weighted by Crippen LogP contribution is 2.24. The molecule has 8 nitrogen and oxygen atoms in total. The van der Waals surface area contributed by atoms with E-state index in [4.69, 9.17) is 16.9 Å². The van der Waals surface area contributed by atoms with Crippen LogP contribution in [0.15, 0.2) is 66.9 Å². The van der Waals surface area contributed by atoms with Crippen molar-refractivity contribution in [2.24, 2.45) is 11.5 Å². The zero-order chi connectivity index (χ0) is 22.8. The van der Waals surface area contributed by atoms with E-state index in [0.29, 0.717) is 29.2 Å². The van der Waals surface area contributed by atoms with Gasteiger partial charge in [0, 0.05) is 34.8 Å². The summed E-state index contributed by atoms with van der Waals surface area (Å²) in [4.78, 5) is 28.7. The molecule has 2 amide bonds. The fourth-order valence-corrected chi connectivity index (χ4v) is 3.52. The van der Waals surface area contributed by atoms with Crippen LogP contribution in [0.5, 0.6) is 0 Å². The number of aromatic nitrogens is 2. The minimum atomic E-state index is -0.500. The number of nitrogens with one attached hydrogen (secondary N) is 2. The molecule has 2 heterocycles. The van der Waals surface area contributed by atoms with E-state index in [-0.39, 0.29) is 11.7 Å². The predicted molar refractivity (Wildman–Crippen MR) is 124 cm³/mol. The summed E-state index contributed by atoms with van der Waals surface area (Å²) < 4.78 is 1.85. The van der Waals surface area contributed by atoms with E-state index in [1.54, 1.807) is 54.7 Å². The molecule has 0 fully saturated rings. The van der Waals surface area contributed by atoms with E-state index >= 15 is 0 Å². The largest absolute Gasteiger partial charge is 0.384 e. The lowest BCUT2D eigenvalue weighted by molar-refractivity contribution is 0.0996. The number of carbonyl (C=O) groups excluding carboxylic acids is 2. The molecular weight excluding hydrogens is 404 g/mol. The maximum atomic E-state index is 13.2. The Labute approximate surface area is 184 Å². The number of primary amides is 1. The fraction of sp³-hybridized carbons (Fsp3) is 0.0833. The lowest BCUT2D eigenvalue weighted by Crippen LogP contribution is -2.18. The third-order valence-electron chi connectivity index (χ3n) is 5.18. The number of nitrogens with two attached hydrogens (primary N) is 2. The number of rotatable bonds is 6. The molecule has 0 bridgehead atoms. The summed E-state index contributed by atoms with van der Waals surface area (Å²) in [7, 11) is 0. The molecule has 0 saturated heterocycles. The highest BCUT2D eigenvalue weighted by atomic mass is 16.2. The number of nitrogen functional groups attached to an aromatic ring is 1. The van der Waals surface area contributed by atoms with Crippen molar-refractivity contribution in [2.45, 2.75) is 13.5 Å². The molecule has 32 heavy (non-hydrogen) atoms. The number of amidine groups is 1. The lowest BCUT2D eigenvalue weighted by atomic mass is 10.1. The number of fused-ring (bicyclic) bond motifs is 1. The number of benzene rings is 2. The van der Waals surface area contributed by atoms with Crippen LogP contribution in [0.4, 0.5) is 5.82 Å². The van der Waals surface area contributed by atoms with Gasteiger partial charge in [-0.2, -0.15) is 0 Å². The lowest BCUT2D eigenvalue weighted by Gasteiger charge is -2.12. The van der Waals surface area contributed by atoms with Gasteiger partial charge in [0.15, 0.2) is 0 Å². The molecule has 0 spiro atoms. The number of aryl methyl sites for hydroxylation is 1. The average Bonchev–Trinajstić information content (AvgIpc) is 3.12. The Balaban J connectivity index is 1.77. The minimum Gasteiger partial charge on any atom is -0.384 e. The van der Waals surface area contributed by atoms with Crippen molar-refractivity contribution in [1.29, 1.82) is 5.41 Å². The number of hydrogen-bond donors (Lipinski definition) is 4. The van der Waals surface area contributed by atoms with Crippen LogP contribution in [-0.2, 0) is 6.54 Å². The third-order valence-corrected chi connectivity index (χ3v) is 5.18. The molecule has 0 saturated carbocycles. The molecule has 0 aliphatic carbocycles. The second-order valence-corrected chi connectivity index (χ2v) is 7.54. The van der Waals surface area contributed by atoms with Gasteiger partial charge in [-0.05, 0) is 54.4 Å². The van der Waals surface area contributed by atoms with Crippen molar-refractivity contribution in [1.82, 2.24) is 9.55 Å². The molecule has 0 aliphatic heterocycles. The standard InChI is InChI=1S/C24H22N6O2/c1-14-8-9-28-21(10-14)29-24(32)20-11-17-6-7-18(22(25)26)12-19(17)30(20)13-15-2-4-16(5-3-15)23(27)31/h2-12H,13H2,1H3,(H3,25,26)(H2,27,31)(H,28,29,32). The molecule has 8 heteroatoms. The SMILES string of the molecule is Cc1ccnc(NC(=O)c2cc3ccc(C(=N)N)cc3n2Cc2ccc(C(N)=O)cc2)c1. The molecular formula is C24H22N6O2. The van der Waals surface area contributed by atoms with Gasteiger partial charge in [-0.15, -0.1) is 0 Å². The molecule has 6 N–H and O–H groups in total. The summed E-state index contributed by atoms with van der Waals surface area (Å²) in [5.74, 6) is -0.403. The van der Waals surface area contributed by atoms with Gasteiger partial charge < -0.3 is 21.4 Å². The first-order valence-corrected chi connectivity index (χ1v) is 9.92. The summed E-state index contributed by atoms with van der Waals surface area (Å²) in [5, 5.41) is 11.5. The van der Waals surface area contributed by atoms with Crippen molar-refractivity contribution >= 4 is 34.4 Å². The molecule has 4 rings (SSSR count). The Morgan fingerprint density at radius 3 is 2.38 bits per heavy atom. The van der Waals surface area contributed by atoms with E-state index in [1.165, 1.54) is 0 Å². The zero-order valence-corrected chi connectivity index (χ0v) is 17.4. The number of anilines is 1. The zero-order valence-electron chi connectivity index (χ0n) is 17.4. The summed E-state index contributed by atoms with van der Waals surface area (Å²) in [6.45, 7) is 2.29. The molecule has 160 valence electrons. The quantitative estimate of drug-likeness (QED) is 0.278. The second-order valence-electron chi connectivity index (χ2n) is 7.54. The van der Waals surface area contributed by atoms with E-state index in [0.717, 1.165) is 22.0 Å². The van der Waals surface area contributed by atoms with Crippen molar-refractivity contribution in [3.05, 3.63) is 94.8 Å². The van der Waals surface area contributed by atoms with Crippen LogP contribution in [0.2, 0.25) is 0 Å². The van der Waals surface area contributed by atoms with Crippen molar-refractivity contribution in [2.75, 3.05) is 5.32 Å². The number of amides is 2. The van der Waals surface area contributed by atoms with Crippen LogP contribution in [0, 0.1) is 12.3 Å². The van der Waals surface area contributed by atoms with Gasteiger partial charge in [-0.3, -0.25) is 15.0 Å². The van der Waals surface area contributed by atoms with Gasteiger partial charge in [-0.25, -0.2) is 4.98 Å². The Bertz CT molecular complexity index is 1350. The predicted octanol–water partition coefficient (Wildman–Crippen LogP) is 3.03. The first-order chi connectivity index (χ1) is 15.3. The Kier molecular flexibility index (Phi) is 5.43. The van der Waals surface area contributed by atoms with Gasteiger partial charge in [-0.1, -0.05) is 24.3 Å².